The fourth-order valence-corrected chi connectivity index (χ4v) is 3.66. The number of halogens is 1. The molecule has 5 nitrogen and oxygen atoms in total. The van der Waals surface area contributed by atoms with Crippen LogP contribution in [0.5, 0.6) is 5.75 Å². The van der Waals surface area contributed by atoms with Crippen LogP contribution in [-0.4, -0.2) is 42.5 Å². The molecule has 29 heavy (non-hydrogen) atoms. The third-order valence-electron chi connectivity index (χ3n) is 5.30. The van der Waals surface area contributed by atoms with Crippen LogP contribution in [0.2, 0.25) is 5.02 Å². The van der Waals surface area contributed by atoms with E-state index in [4.69, 9.17) is 16.3 Å². The van der Waals surface area contributed by atoms with Crippen molar-refractivity contribution in [3.05, 3.63) is 64.7 Å². The van der Waals surface area contributed by atoms with E-state index in [0.29, 0.717) is 36.0 Å². The van der Waals surface area contributed by atoms with Gasteiger partial charge in [0, 0.05) is 44.4 Å². The van der Waals surface area contributed by atoms with Gasteiger partial charge in [0.25, 0.3) is 5.91 Å². The van der Waals surface area contributed by atoms with Crippen molar-refractivity contribution in [2.45, 2.75) is 38.7 Å². The largest absolute Gasteiger partial charge is 0.489 e. The number of hydrogen-bond acceptors (Lipinski definition) is 3. The number of carbonyl (C=O) groups excluding carboxylic acids is 2. The quantitative estimate of drug-likeness (QED) is 0.768. The molecule has 0 aliphatic carbocycles. The van der Waals surface area contributed by atoms with Crippen LogP contribution >= 0.6 is 11.6 Å². The summed E-state index contributed by atoms with van der Waals surface area (Å²) in [5, 5.41) is 3.48. The maximum absolute atomic E-state index is 12.8. The van der Waals surface area contributed by atoms with E-state index in [1.54, 1.807) is 25.1 Å². The van der Waals surface area contributed by atoms with Gasteiger partial charge in [-0.3, -0.25) is 9.59 Å². The molecule has 1 aliphatic heterocycles. The van der Waals surface area contributed by atoms with Crippen LogP contribution in [-0.2, 0) is 4.79 Å². The fourth-order valence-electron chi connectivity index (χ4n) is 3.49. The SMILES string of the molecule is CC(=O)N1CCC(Oc2ccc(Cl)cc2C(=O)NC[C@H](C)c2ccccc2)CC1. The third kappa shape index (κ3) is 5.73. The van der Waals surface area contributed by atoms with Crippen molar-refractivity contribution < 1.29 is 14.3 Å². The minimum atomic E-state index is -0.202. The highest BCUT2D eigenvalue weighted by Gasteiger charge is 2.24. The van der Waals surface area contributed by atoms with Gasteiger partial charge in [0.15, 0.2) is 0 Å². The summed E-state index contributed by atoms with van der Waals surface area (Å²) in [6.45, 7) is 5.52. The van der Waals surface area contributed by atoms with Crippen molar-refractivity contribution in [2.24, 2.45) is 0 Å². The minimum absolute atomic E-state index is 0.0263. The van der Waals surface area contributed by atoms with Gasteiger partial charge in [-0.2, -0.15) is 0 Å². The molecule has 2 aromatic rings. The Hall–Kier alpha value is -2.53. The molecule has 2 aromatic carbocycles. The zero-order valence-corrected chi connectivity index (χ0v) is 17.6. The average molecular weight is 415 g/mol. The van der Waals surface area contributed by atoms with E-state index >= 15 is 0 Å². The maximum atomic E-state index is 12.8. The molecule has 1 heterocycles. The Morgan fingerprint density at radius 1 is 1.17 bits per heavy atom. The van der Waals surface area contributed by atoms with Gasteiger partial charge in [-0.05, 0) is 29.7 Å². The van der Waals surface area contributed by atoms with Crippen LogP contribution in [0.15, 0.2) is 48.5 Å². The summed E-state index contributed by atoms with van der Waals surface area (Å²) in [5.41, 5.74) is 1.61. The highest BCUT2D eigenvalue weighted by atomic mass is 35.5. The first-order valence-electron chi connectivity index (χ1n) is 9.99. The van der Waals surface area contributed by atoms with Gasteiger partial charge in [0.2, 0.25) is 5.91 Å². The smallest absolute Gasteiger partial charge is 0.255 e. The van der Waals surface area contributed by atoms with Gasteiger partial charge in [0.1, 0.15) is 11.9 Å². The van der Waals surface area contributed by atoms with Crippen molar-refractivity contribution in [1.82, 2.24) is 10.2 Å². The molecule has 0 saturated carbocycles. The van der Waals surface area contributed by atoms with Crippen molar-refractivity contribution in [3.63, 3.8) is 0 Å². The summed E-state index contributed by atoms with van der Waals surface area (Å²) in [6.07, 6.45) is 1.46. The van der Waals surface area contributed by atoms with Crippen LogP contribution in [0, 0.1) is 0 Å². The van der Waals surface area contributed by atoms with Gasteiger partial charge in [0.05, 0.1) is 5.56 Å². The van der Waals surface area contributed by atoms with Crippen LogP contribution in [0.4, 0.5) is 0 Å². The predicted octanol–water partition coefficient (Wildman–Crippen LogP) is 4.26. The molecular weight excluding hydrogens is 388 g/mol. The summed E-state index contributed by atoms with van der Waals surface area (Å²) in [4.78, 5) is 26.1. The third-order valence-corrected chi connectivity index (χ3v) is 5.54. The van der Waals surface area contributed by atoms with E-state index in [0.717, 1.165) is 12.8 Å². The monoisotopic (exact) mass is 414 g/mol. The number of rotatable bonds is 6. The predicted molar refractivity (Wildman–Crippen MR) is 115 cm³/mol. The highest BCUT2D eigenvalue weighted by molar-refractivity contribution is 6.31. The number of likely N-dealkylation sites (tertiary alicyclic amines) is 1. The Labute approximate surface area is 177 Å². The Morgan fingerprint density at radius 3 is 2.52 bits per heavy atom. The van der Waals surface area contributed by atoms with Crippen LogP contribution in [0.25, 0.3) is 0 Å². The van der Waals surface area contributed by atoms with Crippen molar-refractivity contribution in [2.75, 3.05) is 19.6 Å². The number of benzene rings is 2. The second-order valence-electron chi connectivity index (χ2n) is 7.49. The zero-order chi connectivity index (χ0) is 20.8. The molecule has 1 N–H and O–H groups in total. The summed E-state index contributed by atoms with van der Waals surface area (Å²) in [6, 6.07) is 15.2. The van der Waals surface area contributed by atoms with Crippen LogP contribution in [0.1, 0.15) is 48.5 Å². The lowest BCUT2D eigenvalue weighted by Crippen LogP contribution is -2.40. The minimum Gasteiger partial charge on any atom is -0.489 e. The number of nitrogens with zero attached hydrogens (tertiary/aromatic N) is 1. The molecular formula is C23H27ClN2O3. The summed E-state index contributed by atoms with van der Waals surface area (Å²) in [7, 11) is 0. The van der Waals surface area contributed by atoms with Crippen molar-refractivity contribution in [3.8, 4) is 5.75 Å². The van der Waals surface area contributed by atoms with Gasteiger partial charge in [-0.15, -0.1) is 0 Å². The molecule has 0 aromatic heterocycles. The molecule has 0 bridgehead atoms. The molecule has 6 heteroatoms. The topological polar surface area (TPSA) is 58.6 Å². The van der Waals surface area contributed by atoms with Crippen molar-refractivity contribution >= 4 is 23.4 Å². The van der Waals surface area contributed by atoms with E-state index < -0.39 is 0 Å². The number of nitrogens with one attached hydrogen (secondary N) is 1. The first-order valence-corrected chi connectivity index (χ1v) is 10.4. The summed E-state index contributed by atoms with van der Waals surface area (Å²) in [5.74, 6) is 0.606. The number of ether oxygens (including phenoxy) is 1. The molecule has 1 aliphatic rings. The van der Waals surface area contributed by atoms with E-state index in [2.05, 4.69) is 24.4 Å². The van der Waals surface area contributed by atoms with Gasteiger partial charge in [-0.1, -0.05) is 48.9 Å². The second kappa shape index (κ2) is 9.79. The second-order valence-corrected chi connectivity index (χ2v) is 7.92. The Kier molecular flexibility index (Phi) is 7.15. The van der Waals surface area contributed by atoms with Crippen LogP contribution in [0.3, 0.4) is 0 Å². The molecule has 1 fully saturated rings. The standard InChI is InChI=1S/C23H27ClN2O3/c1-16(18-6-4-3-5-7-18)15-25-23(28)21-14-19(24)8-9-22(21)29-20-10-12-26(13-11-20)17(2)27/h3-9,14,16,20H,10-13,15H2,1-2H3,(H,25,28)/t16-/m0/s1. The Balaban J connectivity index is 1.63. The van der Waals surface area contributed by atoms with Gasteiger partial charge >= 0.3 is 0 Å². The lowest BCUT2D eigenvalue weighted by Gasteiger charge is -2.31. The zero-order valence-electron chi connectivity index (χ0n) is 16.9. The average Bonchev–Trinajstić information content (AvgIpc) is 2.74. The highest BCUT2D eigenvalue weighted by Crippen LogP contribution is 2.26. The summed E-state index contributed by atoms with van der Waals surface area (Å²) < 4.78 is 6.12. The van der Waals surface area contributed by atoms with E-state index in [1.165, 1.54) is 5.56 Å². The number of amides is 2. The van der Waals surface area contributed by atoms with E-state index in [-0.39, 0.29) is 23.8 Å². The molecule has 3 rings (SSSR count). The normalized spacial score (nSPS) is 15.6. The molecule has 2 amide bonds. The molecule has 1 saturated heterocycles. The fraction of sp³-hybridized carbons (Fsp3) is 0.391. The first kappa shape index (κ1) is 21.2. The lowest BCUT2D eigenvalue weighted by molar-refractivity contribution is -0.130. The molecule has 1 atom stereocenters. The van der Waals surface area contributed by atoms with Gasteiger partial charge < -0.3 is 15.0 Å². The first-order chi connectivity index (χ1) is 13.9. The molecule has 0 spiro atoms. The Bertz CT molecular complexity index is 848. The summed E-state index contributed by atoms with van der Waals surface area (Å²) >= 11 is 6.14. The molecule has 0 radical (unpaired) electrons. The van der Waals surface area contributed by atoms with Crippen molar-refractivity contribution in [1.29, 1.82) is 0 Å². The number of hydrogen-bond donors (Lipinski definition) is 1. The Morgan fingerprint density at radius 2 is 1.86 bits per heavy atom. The van der Waals surface area contributed by atoms with Gasteiger partial charge in [-0.25, -0.2) is 0 Å². The van der Waals surface area contributed by atoms with E-state index in [1.807, 2.05) is 23.1 Å². The number of carbonyl (C=O) groups is 2. The molecule has 154 valence electrons. The molecule has 0 unspecified atom stereocenters. The van der Waals surface area contributed by atoms with E-state index in [9.17, 15) is 9.59 Å². The number of piperidine rings is 1. The maximum Gasteiger partial charge on any atom is 0.255 e. The van der Waals surface area contributed by atoms with Crippen LogP contribution < -0.4 is 10.1 Å². The lowest BCUT2D eigenvalue weighted by atomic mass is 10.0.